The molecule has 1 fully saturated rings. The summed E-state index contributed by atoms with van der Waals surface area (Å²) in [5, 5.41) is 0. The van der Waals surface area contributed by atoms with E-state index >= 15 is 0 Å². The summed E-state index contributed by atoms with van der Waals surface area (Å²) in [7, 11) is 0. The van der Waals surface area contributed by atoms with Gasteiger partial charge in [-0.25, -0.2) is 4.79 Å². The minimum absolute atomic E-state index is 0.306. The van der Waals surface area contributed by atoms with Gasteiger partial charge in [0.15, 0.2) is 12.2 Å². The first-order valence-electron chi connectivity index (χ1n) is 10.5. The van der Waals surface area contributed by atoms with E-state index in [-0.39, 0.29) is 5.92 Å². The molecule has 0 unspecified atom stereocenters. The van der Waals surface area contributed by atoms with Gasteiger partial charge in [0, 0.05) is 5.92 Å². The number of benzene rings is 3. The number of carbonyl (C=O) groups is 1. The second kappa shape index (κ2) is 10.2. The van der Waals surface area contributed by atoms with Gasteiger partial charge in [0.25, 0.3) is 0 Å². The number of hydrogen-bond acceptors (Lipinski definition) is 4. The molecule has 4 rings (SSSR count). The first-order valence-corrected chi connectivity index (χ1v) is 10.5. The van der Waals surface area contributed by atoms with Crippen molar-refractivity contribution in [1.82, 2.24) is 0 Å². The molecule has 1 saturated heterocycles. The maximum absolute atomic E-state index is 13.3. The minimum Gasteiger partial charge on any atom is -0.452 e. The van der Waals surface area contributed by atoms with Crippen LogP contribution in [0.2, 0.25) is 0 Å². The van der Waals surface area contributed by atoms with Gasteiger partial charge < -0.3 is 14.2 Å². The van der Waals surface area contributed by atoms with Crippen LogP contribution in [0.15, 0.2) is 104 Å². The van der Waals surface area contributed by atoms with Gasteiger partial charge in [-0.2, -0.15) is 0 Å². The van der Waals surface area contributed by atoms with Crippen molar-refractivity contribution in [1.29, 1.82) is 0 Å². The van der Waals surface area contributed by atoms with E-state index in [0.717, 1.165) is 16.7 Å². The maximum Gasteiger partial charge on any atom is 0.336 e. The summed E-state index contributed by atoms with van der Waals surface area (Å²) >= 11 is 0. The molecule has 1 aliphatic heterocycles. The van der Waals surface area contributed by atoms with Crippen molar-refractivity contribution in [2.75, 3.05) is 6.61 Å². The summed E-state index contributed by atoms with van der Waals surface area (Å²) in [6, 6.07) is 29.3. The lowest BCUT2D eigenvalue weighted by Gasteiger charge is -2.35. The topological polar surface area (TPSA) is 44.8 Å². The Labute approximate surface area is 183 Å². The highest BCUT2D eigenvalue weighted by molar-refractivity contribution is 5.76. The van der Waals surface area contributed by atoms with Crippen LogP contribution in [0.3, 0.4) is 0 Å². The van der Waals surface area contributed by atoms with E-state index in [1.165, 1.54) is 0 Å². The molecule has 0 saturated carbocycles. The number of rotatable bonds is 6. The molecule has 31 heavy (non-hydrogen) atoms. The second-order valence-corrected chi connectivity index (χ2v) is 7.55. The van der Waals surface area contributed by atoms with Gasteiger partial charge in [-0.3, -0.25) is 0 Å². The van der Waals surface area contributed by atoms with E-state index in [0.29, 0.717) is 13.2 Å². The van der Waals surface area contributed by atoms with E-state index in [2.05, 4.69) is 6.58 Å². The molecule has 4 nitrogen and oxygen atoms in total. The molecule has 0 spiro atoms. The third kappa shape index (κ3) is 5.10. The van der Waals surface area contributed by atoms with Crippen LogP contribution in [0.25, 0.3) is 0 Å². The fourth-order valence-corrected chi connectivity index (χ4v) is 3.76. The quantitative estimate of drug-likeness (QED) is 0.399. The first-order chi connectivity index (χ1) is 15.3. The van der Waals surface area contributed by atoms with E-state index in [9.17, 15) is 4.79 Å². The van der Waals surface area contributed by atoms with Crippen molar-refractivity contribution in [3.05, 3.63) is 120 Å². The normalized spacial score (nSPS) is 23.9. The molecular weight excluding hydrogens is 388 g/mol. The molecule has 0 N–H and O–H groups in total. The molecule has 4 atom stereocenters. The van der Waals surface area contributed by atoms with Gasteiger partial charge in [0.1, 0.15) is 6.10 Å². The molecule has 4 heteroatoms. The minimum atomic E-state index is -0.791. The maximum atomic E-state index is 13.3. The largest absolute Gasteiger partial charge is 0.452 e. The number of carbonyl (C=O) groups excluding carboxylic acids is 1. The van der Waals surface area contributed by atoms with Crippen LogP contribution in [0.1, 0.15) is 28.9 Å². The molecular formula is C27H26O4. The zero-order valence-electron chi connectivity index (χ0n) is 17.3. The molecule has 0 aromatic heterocycles. The molecule has 3 aromatic rings. The Hall–Kier alpha value is -3.21. The second-order valence-electron chi connectivity index (χ2n) is 7.55. The van der Waals surface area contributed by atoms with Crippen molar-refractivity contribution in [3.63, 3.8) is 0 Å². The number of cyclic esters (lactones) is 1. The lowest BCUT2D eigenvalue weighted by atomic mass is 9.95. The van der Waals surface area contributed by atoms with Crippen molar-refractivity contribution in [2.24, 2.45) is 5.92 Å². The van der Waals surface area contributed by atoms with E-state index in [1.807, 2.05) is 91.0 Å². The Bertz CT molecular complexity index is 972. The Balaban J connectivity index is 1.62. The summed E-state index contributed by atoms with van der Waals surface area (Å²) in [6.45, 7) is 4.52. The van der Waals surface area contributed by atoms with E-state index in [4.69, 9.17) is 14.2 Å². The number of esters is 1. The summed E-state index contributed by atoms with van der Waals surface area (Å²) in [5.74, 6) is -0.724. The standard InChI is InChI=1S/C27H26O4/c1-2-21-19-30-24(22-14-8-4-9-15-22)25(23-16-10-5-11-17-23)31-27(28)26(21)29-18-20-12-6-3-7-13-20/h2-17,21,24-26H,1,18-19H2/t21-,24-,25-,26-/m1/s1. The van der Waals surface area contributed by atoms with Crippen LogP contribution in [-0.4, -0.2) is 18.7 Å². The first kappa shape index (κ1) is 21.0. The third-order valence-electron chi connectivity index (χ3n) is 5.44. The molecule has 0 aliphatic carbocycles. The summed E-state index contributed by atoms with van der Waals surface area (Å²) in [4.78, 5) is 13.3. The van der Waals surface area contributed by atoms with E-state index in [1.54, 1.807) is 6.08 Å². The fourth-order valence-electron chi connectivity index (χ4n) is 3.76. The fraction of sp³-hybridized carbons (Fsp3) is 0.222. The Morgan fingerprint density at radius 1 is 0.839 bits per heavy atom. The highest BCUT2D eigenvalue weighted by Gasteiger charge is 2.38. The van der Waals surface area contributed by atoms with Crippen molar-refractivity contribution >= 4 is 5.97 Å². The number of ether oxygens (including phenoxy) is 3. The predicted molar refractivity (Wildman–Crippen MR) is 119 cm³/mol. The molecule has 0 radical (unpaired) electrons. The summed E-state index contributed by atoms with van der Waals surface area (Å²) in [5.41, 5.74) is 2.82. The number of hydrogen-bond donors (Lipinski definition) is 0. The Morgan fingerprint density at radius 2 is 1.39 bits per heavy atom. The SMILES string of the molecule is C=C[C@@H]1CO[C@H](c2ccccc2)[C@@H](c2ccccc2)OC(=O)[C@@H]1OCc1ccccc1. The average molecular weight is 415 g/mol. The highest BCUT2D eigenvalue weighted by Crippen LogP contribution is 2.38. The van der Waals surface area contributed by atoms with Gasteiger partial charge in [-0.15, -0.1) is 6.58 Å². The predicted octanol–water partition coefficient (Wildman–Crippen LogP) is 5.43. The zero-order valence-corrected chi connectivity index (χ0v) is 17.3. The lowest BCUT2D eigenvalue weighted by molar-refractivity contribution is -0.188. The van der Waals surface area contributed by atoms with Crippen LogP contribution < -0.4 is 0 Å². The average Bonchev–Trinajstić information content (AvgIpc) is 2.83. The smallest absolute Gasteiger partial charge is 0.336 e. The zero-order chi connectivity index (χ0) is 21.5. The van der Waals surface area contributed by atoms with Gasteiger partial charge in [-0.1, -0.05) is 97.1 Å². The van der Waals surface area contributed by atoms with Gasteiger partial charge in [0.05, 0.1) is 13.2 Å². The van der Waals surface area contributed by atoms with Crippen molar-refractivity contribution in [3.8, 4) is 0 Å². The molecule has 158 valence electrons. The van der Waals surface area contributed by atoms with Gasteiger partial charge >= 0.3 is 5.97 Å². The van der Waals surface area contributed by atoms with Crippen LogP contribution >= 0.6 is 0 Å². The van der Waals surface area contributed by atoms with Crippen molar-refractivity contribution in [2.45, 2.75) is 24.9 Å². The molecule has 0 bridgehead atoms. The van der Waals surface area contributed by atoms with Crippen LogP contribution in [0.5, 0.6) is 0 Å². The third-order valence-corrected chi connectivity index (χ3v) is 5.44. The van der Waals surface area contributed by atoms with Crippen molar-refractivity contribution < 1.29 is 19.0 Å². The van der Waals surface area contributed by atoms with Gasteiger partial charge in [0.2, 0.25) is 0 Å². The summed E-state index contributed by atoms with van der Waals surface area (Å²) < 4.78 is 18.4. The van der Waals surface area contributed by atoms with Crippen LogP contribution in [0, 0.1) is 5.92 Å². The molecule has 1 aliphatic rings. The highest BCUT2D eigenvalue weighted by atomic mass is 16.6. The van der Waals surface area contributed by atoms with Crippen LogP contribution in [0.4, 0.5) is 0 Å². The summed E-state index contributed by atoms with van der Waals surface area (Å²) in [6.07, 6.45) is -0.0858. The lowest BCUT2D eigenvalue weighted by Crippen LogP contribution is -2.40. The monoisotopic (exact) mass is 414 g/mol. The molecule has 1 heterocycles. The Morgan fingerprint density at radius 3 is 1.97 bits per heavy atom. The van der Waals surface area contributed by atoms with E-state index < -0.39 is 24.3 Å². The Kier molecular flexibility index (Phi) is 6.92. The molecule has 3 aromatic carbocycles. The molecule has 0 amide bonds. The van der Waals surface area contributed by atoms with Crippen LogP contribution in [-0.2, 0) is 25.6 Å². The van der Waals surface area contributed by atoms with Gasteiger partial charge in [-0.05, 0) is 16.7 Å².